The summed E-state index contributed by atoms with van der Waals surface area (Å²) in [5.41, 5.74) is 6.25. The number of aryl methyl sites for hydroxylation is 2. The van der Waals surface area contributed by atoms with Crippen LogP contribution in [-0.2, 0) is 0 Å². The monoisotopic (exact) mass is 359 g/mol. The lowest BCUT2D eigenvalue weighted by molar-refractivity contribution is 0.876. The molecule has 0 amide bonds. The van der Waals surface area contributed by atoms with E-state index in [4.69, 9.17) is 0 Å². The Morgan fingerprint density at radius 1 is 0.962 bits per heavy atom. The molecule has 3 nitrogen and oxygen atoms in total. The molecule has 4 rings (SSSR count). The Kier molecular flexibility index (Phi) is 4.43. The highest BCUT2D eigenvalue weighted by molar-refractivity contribution is 7.17. The molecule has 0 saturated carbocycles. The Bertz CT molecular complexity index is 1050. The molecule has 2 aromatic carbocycles. The van der Waals surface area contributed by atoms with Gasteiger partial charge in [-0.1, -0.05) is 48.5 Å². The van der Waals surface area contributed by atoms with Gasteiger partial charge in [0.1, 0.15) is 17.0 Å². The summed E-state index contributed by atoms with van der Waals surface area (Å²) in [6, 6.07) is 17.2. The Labute approximate surface area is 157 Å². The third-order valence-corrected chi connectivity index (χ3v) is 5.73. The Morgan fingerprint density at radius 3 is 2.54 bits per heavy atom. The molecule has 4 aromatic rings. The van der Waals surface area contributed by atoms with E-state index in [-0.39, 0.29) is 6.04 Å². The predicted octanol–water partition coefficient (Wildman–Crippen LogP) is 6.15. The minimum atomic E-state index is 0.168. The topological polar surface area (TPSA) is 37.8 Å². The van der Waals surface area contributed by atoms with Crippen molar-refractivity contribution in [2.45, 2.75) is 26.8 Å². The van der Waals surface area contributed by atoms with E-state index in [0.29, 0.717) is 0 Å². The van der Waals surface area contributed by atoms with Crippen LogP contribution in [0, 0.1) is 13.8 Å². The third-order valence-electron chi connectivity index (χ3n) is 4.84. The summed E-state index contributed by atoms with van der Waals surface area (Å²) in [4.78, 5) is 10.0. The number of nitrogens with one attached hydrogen (secondary N) is 1. The van der Waals surface area contributed by atoms with Crippen molar-refractivity contribution in [2.24, 2.45) is 0 Å². The van der Waals surface area contributed by atoms with E-state index < -0.39 is 0 Å². The van der Waals surface area contributed by atoms with Gasteiger partial charge in [-0.15, -0.1) is 11.3 Å². The highest BCUT2D eigenvalue weighted by atomic mass is 32.1. The van der Waals surface area contributed by atoms with E-state index in [1.54, 1.807) is 17.7 Å². The zero-order valence-electron chi connectivity index (χ0n) is 15.2. The fourth-order valence-corrected chi connectivity index (χ4v) is 4.05. The number of hydrogen-bond acceptors (Lipinski definition) is 4. The van der Waals surface area contributed by atoms with Gasteiger partial charge in [0, 0.05) is 17.0 Å². The molecule has 2 aromatic heterocycles. The summed E-state index contributed by atoms with van der Waals surface area (Å²) in [6.45, 7) is 6.45. The molecule has 0 aliphatic heterocycles. The van der Waals surface area contributed by atoms with Crippen LogP contribution in [0.4, 0.5) is 5.82 Å². The van der Waals surface area contributed by atoms with Gasteiger partial charge in [-0.25, -0.2) is 9.97 Å². The fourth-order valence-electron chi connectivity index (χ4n) is 3.14. The van der Waals surface area contributed by atoms with Crippen LogP contribution in [0.15, 0.2) is 60.2 Å². The molecule has 130 valence electrons. The summed E-state index contributed by atoms with van der Waals surface area (Å²) in [5, 5.41) is 6.86. The Balaban J connectivity index is 1.78. The number of rotatable bonds is 4. The molecule has 0 bridgehead atoms. The summed E-state index contributed by atoms with van der Waals surface area (Å²) in [6.07, 6.45) is 1.64. The van der Waals surface area contributed by atoms with Crippen molar-refractivity contribution < 1.29 is 0 Å². The molecule has 0 saturated heterocycles. The second-order valence-electron chi connectivity index (χ2n) is 6.63. The van der Waals surface area contributed by atoms with Crippen LogP contribution < -0.4 is 5.32 Å². The van der Waals surface area contributed by atoms with Crippen LogP contribution in [0.25, 0.3) is 21.3 Å². The van der Waals surface area contributed by atoms with Gasteiger partial charge in [0.2, 0.25) is 0 Å². The van der Waals surface area contributed by atoms with Gasteiger partial charge in [-0.2, -0.15) is 0 Å². The molecule has 1 unspecified atom stereocenters. The molecule has 1 atom stereocenters. The normalized spacial score (nSPS) is 12.3. The van der Waals surface area contributed by atoms with Gasteiger partial charge in [-0.05, 0) is 43.0 Å². The smallest absolute Gasteiger partial charge is 0.139 e. The lowest BCUT2D eigenvalue weighted by Crippen LogP contribution is -2.08. The second kappa shape index (κ2) is 6.89. The summed E-state index contributed by atoms with van der Waals surface area (Å²) >= 11 is 1.66. The summed E-state index contributed by atoms with van der Waals surface area (Å²) in [5.74, 6) is 0.890. The van der Waals surface area contributed by atoms with E-state index in [1.807, 2.05) is 6.07 Å². The van der Waals surface area contributed by atoms with Crippen molar-refractivity contribution in [3.05, 3.63) is 76.9 Å². The molecular weight excluding hydrogens is 338 g/mol. The minimum absolute atomic E-state index is 0.168. The predicted molar refractivity (Wildman–Crippen MR) is 111 cm³/mol. The van der Waals surface area contributed by atoms with Crippen LogP contribution in [0.5, 0.6) is 0 Å². The van der Waals surface area contributed by atoms with Crippen molar-refractivity contribution >= 4 is 27.4 Å². The first-order chi connectivity index (χ1) is 12.6. The lowest BCUT2D eigenvalue weighted by atomic mass is 10.0. The lowest BCUT2D eigenvalue weighted by Gasteiger charge is -2.16. The van der Waals surface area contributed by atoms with Crippen LogP contribution >= 0.6 is 11.3 Å². The Morgan fingerprint density at radius 2 is 1.77 bits per heavy atom. The molecule has 0 fully saturated rings. The maximum absolute atomic E-state index is 4.56. The van der Waals surface area contributed by atoms with E-state index in [1.165, 1.54) is 27.8 Å². The summed E-state index contributed by atoms with van der Waals surface area (Å²) in [7, 11) is 0. The van der Waals surface area contributed by atoms with Crippen molar-refractivity contribution in [1.82, 2.24) is 9.97 Å². The average molecular weight is 359 g/mol. The Hall–Kier alpha value is -2.72. The highest BCUT2D eigenvalue weighted by Crippen LogP contribution is 2.38. The molecule has 26 heavy (non-hydrogen) atoms. The fraction of sp³-hybridized carbons (Fsp3) is 0.182. The zero-order valence-corrected chi connectivity index (χ0v) is 16.0. The number of benzene rings is 2. The van der Waals surface area contributed by atoms with Crippen molar-refractivity contribution in [1.29, 1.82) is 0 Å². The zero-order chi connectivity index (χ0) is 18.1. The molecule has 2 heterocycles. The molecule has 0 spiro atoms. The quantitative estimate of drug-likeness (QED) is 0.475. The van der Waals surface area contributed by atoms with Gasteiger partial charge in [0.25, 0.3) is 0 Å². The second-order valence-corrected chi connectivity index (χ2v) is 7.49. The molecule has 0 radical (unpaired) electrons. The molecule has 4 heteroatoms. The van der Waals surface area contributed by atoms with Gasteiger partial charge < -0.3 is 5.32 Å². The SMILES string of the molecule is Cc1ccc(-c2csc3ncnc(NC(C)c4ccccc4)c23)cc1C. The third kappa shape index (κ3) is 3.08. The highest BCUT2D eigenvalue weighted by Gasteiger charge is 2.15. The van der Waals surface area contributed by atoms with Gasteiger partial charge in [0.05, 0.1) is 5.39 Å². The molecule has 0 aliphatic rings. The van der Waals surface area contributed by atoms with Crippen molar-refractivity contribution in [2.75, 3.05) is 5.32 Å². The minimum Gasteiger partial charge on any atom is -0.363 e. The maximum Gasteiger partial charge on any atom is 0.139 e. The number of thiophene rings is 1. The van der Waals surface area contributed by atoms with Crippen molar-refractivity contribution in [3.63, 3.8) is 0 Å². The molecular formula is C22H21N3S. The van der Waals surface area contributed by atoms with Crippen LogP contribution in [-0.4, -0.2) is 9.97 Å². The first-order valence-corrected chi connectivity index (χ1v) is 9.63. The van der Waals surface area contributed by atoms with E-state index in [2.05, 4.69) is 83.9 Å². The first kappa shape index (κ1) is 16.7. The van der Waals surface area contributed by atoms with Gasteiger partial charge in [0.15, 0.2) is 0 Å². The average Bonchev–Trinajstić information content (AvgIpc) is 3.10. The van der Waals surface area contributed by atoms with Gasteiger partial charge >= 0.3 is 0 Å². The van der Waals surface area contributed by atoms with Crippen LogP contribution in [0.2, 0.25) is 0 Å². The number of fused-ring (bicyclic) bond motifs is 1. The standard InChI is InChI=1S/C22H21N3S/c1-14-9-10-18(11-15(14)2)19-12-26-22-20(19)21(23-13-24-22)25-16(3)17-7-5-4-6-8-17/h4-13,16H,1-3H3,(H,23,24,25). The van der Waals surface area contributed by atoms with E-state index in [0.717, 1.165) is 16.0 Å². The largest absolute Gasteiger partial charge is 0.363 e. The summed E-state index contributed by atoms with van der Waals surface area (Å²) < 4.78 is 0. The van der Waals surface area contributed by atoms with Gasteiger partial charge in [-0.3, -0.25) is 0 Å². The number of aromatic nitrogens is 2. The molecule has 0 aliphatic carbocycles. The molecule has 1 N–H and O–H groups in total. The van der Waals surface area contributed by atoms with E-state index >= 15 is 0 Å². The van der Waals surface area contributed by atoms with Crippen molar-refractivity contribution in [3.8, 4) is 11.1 Å². The number of anilines is 1. The maximum atomic E-state index is 4.56. The number of hydrogen-bond donors (Lipinski definition) is 1. The van der Waals surface area contributed by atoms with Crippen LogP contribution in [0.3, 0.4) is 0 Å². The van der Waals surface area contributed by atoms with E-state index in [9.17, 15) is 0 Å². The van der Waals surface area contributed by atoms with Crippen LogP contribution in [0.1, 0.15) is 29.7 Å². The first-order valence-electron chi connectivity index (χ1n) is 8.75. The number of nitrogens with zero attached hydrogens (tertiary/aromatic N) is 2.